The summed E-state index contributed by atoms with van der Waals surface area (Å²) in [7, 11) is 4.08. The Labute approximate surface area is 140 Å². The van der Waals surface area contributed by atoms with Crippen molar-refractivity contribution in [1.29, 1.82) is 0 Å². The van der Waals surface area contributed by atoms with Crippen molar-refractivity contribution in [2.75, 3.05) is 27.2 Å². The van der Waals surface area contributed by atoms with E-state index in [0.717, 1.165) is 40.7 Å². The fourth-order valence-electron chi connectivity index (χ4n) is 2.39. The Bertz CT molecular complexity index is 869. The first-order valence-corrected chi connectivity index (χ1v) is 7.95. The summed E-state index contributed by atoms with van der Waals surface area (Å²) in [5.74, 6) is 0.809. The van der Waals surface area contributed by atoms with Crippen molar-refractivity contribution in [3.8, 4) is 11.3 Å². The Balaban J connectivity index is 2.16. The van der Waals surface area contributed by atoms with Gasteiger partial charge in [0.1, 0.15) is 11.3 Å². The first-order valence-electron chi connectivity index (χ1n) is 7.57. The highest BCUT2D eigenvalue weighted by Crippen LogP contribution is 2.23. The van der Waals surface area contributed by atoms with Crippen LogP contribution >= 0.6 is 11.6 Å². The minimum atomic E-state index is 0.684. The fraction of sp³-hybridized carbons (Fsp3) is 0.211. The van der Waals surface area contributed by atoms with E-state index >= 15 is 0 Å². The SMILES string of the molecule is CN(C)CC/N=c1\cc(-c2ccccc2)oc2ccc(Cl)cc12. The van der Waals surface area contributed by atoms with Crippen molar-refractivity contribution in [2.45, 2.75) is 0 Å². The summed E-state index contributed by atoms with van der Waals surface area (Å²) in [6.45, 7) is 1.63. The quantitative estimate of drug-likeness (QED) is 0.718. The molecule has 2 aromatic carbocycles. The maximum atomic E-state index is 6.14. The molecular weight excluding hydrogens is 308 g/mol. The molecule has 0 bridgehead atoms. The lowest BCUT2D eigenvalue weighted by Gasteiger charge is -2.07. The van der Waals surface area contributed by atoms with Gasteiger partial charge in [-0.2, -0.15) is 0 Å². The smallest absolute Gasteiger partial charge is 0.136 e. The van der Waals surface area contributed by atoms with E-state index in [0.29, 0.717) is 5.02 Å². The summed E-state index contributed by atoms with van der Waals surface area (Å²) in [4.78, 5) is 6.86. The van der Waals surface area contributed by atoms with Crippen molar-refractivity contribution in [3.05, 3.63) is 65.0 Å². The number of nitrogens with zero attached hydrogens (tertiary/aromatic N) is 2. The predicted molar refractivity (Wildman–Crippen MR) is 95.6 cm³/mol. The Hall–Kier alpha value is -2.10. The van der Waals surface area contributed by atoms with Crippen LogP contribution in [0.3, 0.4) is 0 Å². The molecule has 0 spiro atoms. The van der Waals surface area contributed by atoms with E-state index in [1.54, 1.807) is 0 Å². The van der Waals surface area contributed by atoms with Crippen LogP contribution in [-0.2, 0) is 0 Å². The molecule has 0 atom stereocenters. The van der Waals surface area contributed by atoms with Gasteiger partial charge in [0.2, 0.25) is 0 Å². The second kappa shape index (κ2) is 6.99. The average Bonchev–Trinajstić information content (AvgIpc) is 2.55. The van der Waals surface area contributed by atoms with E-state index in [1.165, 1.54) is 0 Å². The maximum absolute atomic E-state index is 6.14. The summed E-state index contributed by atoms with van der Waals surface area (Å²) in [6, 6.07) is 17.7. The Morgan fingerprint density at radius 1 is 1.04 bits per heavy atom. The van der Waals surface area contributed by atoms with Crippen LogP contribution < -0.4 is 5.36 Å². The van der Waals surface area contributed by atoms with Gasteiger partial charge in [0.05, 0.1) is 11.9 Å². The molecule has 0 saturated carbocycles. The van der Waals surface area contributed by atoms with E-state index in [2.05, 4.69) is 4.90 Å². The van der Waals surface area contributed by atoms with Gasteiger partial charge >= 0.3 is 0 Å². The van der Waals surface area contributed by atoms with Crippen LogP contribution in [0, 0.1) is 0 Å². The standard InChI is InChI=1S/C19H19ClN2O/c1-22(2)11-10-21-17-13-19(14-6-4-3-5-7-14)23-18-9-8-15(20)12-16(17)18/h3-9,12-13H,10-11H2,1-2H3/b21-17+. The van der Waals surface area contributed by atoms with E-state index in [1.807, 2.05) is 68.7 Å². The highest BCUT2D eigenvalue weighted by atomic mass is 35.5. The number of halogens is 1. The number of rotatable bonds is 4. The molecule has 0 unspecified atom stereocenters. The molecular formula is C19H19ClN2O. The van der Waals surface area contributed by atoms with Crippen LogP contribution in [0.2, 0.25) is 5.02 Å². The van der Waals surface area contributed by atoms with Crippen molar-refractivity contribution >= 4 is 22.6 Å². The van der Waals surface area contributed by atoms with Crippen LogP contribution in [0.15, 0.2) is 64.0 Å². The molecule has 0 radical (unpaired) electrons. The summed E-state index contributed by atoms with van der Waals surface area (Å²) < 4.78 is 6.04. The molecule has 118 valence electrons. The van der Waals surface area contributed by atoms with Gasteiger partial charge in [-0.05, 0) is 32.3 Å². The lowest BCUT2D eigenvalue weighted by atomic mass is 10.1. The zero-order valence-corrected chi connectivity index (χ0v) is 14.0. The molecule has 0 fully saturated rings. The largest absolute Gasteiger partial charge is 0.456 e. The number of hydrogen-bond donors (Lipinski definition) is 0. The lowest BCUT2D eigenvalue weighted by Crippen LogP contribution is -2.17. The molecule has 0 aliphatic rings. The summed E-state index contributed by atoms with van der Waals surface area (Å²) in [5.41, 5.74) is 1.83. The topological polar surface area (TPSA) is 28.7 Å². The Morgan fingerprint density at radius 2 is 1.83 bits per heavy atom. The predicted octanol–water partition coefficient (Wildman–Crippen LogP) is 4.22. The zero-order valence-electron chi connectivity index (χ0n) is 13.3. The summed E-state index contributed by atoms with van der Waals surface area (Å²) >= 11 is 6.14. The van der Waals surface area contributed by atoms with Gasteiger partial charge in [-0.3, -0.25) is 4.99 Å². The third-order valence-corrected chi connectivity index (χ3v) is 3.83. The van der Waals surface area contributed by atoms with Gasteiger partial charge in [0.25, 0.3) is 0 Å². The van der Waals surface area contributed by atoms with Gasteiger partial charge in [0, 0.05) is 28.6 Å². The van der Waals surface area contributed by atoms with Gasteiger partial charge < -0.3 is 9.32 Å². The molecule has 0 saturated heterocycles. The Kier molecular flexibility index (Phi) is 4.79. The molecule has 0 N–H and O–H groups in total. The van der Waals surface area contributed by atoms with E-state index in [9.17, 15) is 0 Å². The van der Waals surface area contributed by atoms with Crippen molar-refractivity contribution in [3.63, 3.8) is 0 Å². The van der Waals surface area contributed by atoms with Crippen LogP contribution in [0.5, 0.6) is 0 Å². The minimum absolute atomic E-state index is 0.684. The number of fused-ring (bicyclic) bond motifs is 1. The van der Waals surface area contributed by atoms with E-state index in [4.69, 9.17) is 21.0 Å². The molecule has 3 aromatic rings. The molecule has 1 aromatic heterocycles. The third kappa shape index (κ3) is 3.81. The first kappa shape index (κ1) is 15.8. The highest BCUT2D eigenvalue weighted by molar-refractivity contribution is 6.31. The van der Waals surface area contributed by atoms with Crippen LogP contribution in [0.1, 0.15) is 0 Å². The van der Waals surface area contributed by atoms with Crippen LogP contribution in [0.25, 0.3) is 22.3 Å². The van der Waals surface area contributed by atoms with Gasteiger partial charge in [-0.1, -0.05) is 41.9 Å². The first-order chi connectivity index (χ1) is 11.1. The van der Waals surface area contributed by atoms with Crippen molar-refractivity contribution in [1.82, 2.24) is 4.90 Å². The summed E-state index contributed by atoms with van der Waals surface area (Å²) in [5, 5.41) is 2.54. The van der Waals surface area contributed by atoms with Gasteiger partial charge in [-0.25, -0.2) is 0 Å². The fourth-order valence-corrected chi connectivity index (χ4v) is 2.56. The number of hydrogen-bond acceptors (Lipinski definition) is 3. The van der Waals surface area contributed by atoms with Crippen molar-refractivity contribution < 1.29 is 4.42 Å². The minimum Gasteiger partial charge on any atom is -0.456 e. The lowest BCUT2D eigenvalue weighted by molar-refractivity contribution is 0.419. The second-order valence-electron chi connectivity index (χ2n) is 5.69. The normalized spacial score (nSPS) is 12.3. The van der Waals surface area contributed by atoms with E-state index in [-0.39, 0.29) is 0 Å². The zero-order chi connectivity index (χ0) is 16.2. The molecule has 4 heteroatoms. The second-order valence-corrected chi connectivity index (χ2v) is 6.12. The molecule has 0 aliphatic carbocycles. The van der Waals surface area contributed by atoms with Gasteiger partial charge in [-0.15, -0.1) is 0 Å². The summed E-state index contributed by atoms with van der Waals surface area (Å²) in [6.07, 6.45) is 0. The van der Waals surface area contributed by atoms with Crippen molar-refractivity contribution in [2.24, 2.45) is 4.99 Å². The molecule has 3 nitrogen and oxygen atoms in total. The number of benzene rings is 2. The highest BCUT2D eigenvalue weighted by Gasteiger charge is 2.06. The van der Waals surface area contributed by atoms with Crippen LogP contribution in [-0.4, -0.2) is 32.1 Å². The maximum Gasteiger partial charge on any atom is 0.136 e. The number of likely N-dealkylation sites (N-methyl/N-ethyl adjacent to an activating group) is 1. The van der Waals surface area contributed by atoms with E-state index < -0.39 is 0 Å². The molecule has 0 aliphatic heterocycles. The molecule has 3 rings (SSSR count). The van der Waals surface area contributed by atoms with Gasteiger partial charge in [0.15, 0.2) is 0 Å². The monoisotopic (exact) mass is 326 g/mol. The average molecular weight is 327 g/mol. The Morgan fingerprint density at radius 3 is 2.57 bits per heavy atom. The molecule has 23 heavy (non-hydrogen) atoms. The third-order valence-electron chi connectivity index (χ3n) is 3.59. The molecule has 1 heterocycles. The van der Waals surface area contributed by atoms with Crippen LogP contribution in [0.4, 0.5) is 0 Å². The molecule has 0 amide bonds.